The molecule has 94 valence electrons. The van der Waals surface area contributed by atoms with E-state index < -0.39 is 0 Å². The number of nitrogens with zero attached hydrogens (tertiary/aromatic N) is 4. The van der Waals surface area contributed by atoms with Gasteiger partial charge in [0.05, 0.1) is 6.10 Å². The number of carbonyl (C=O) groups excluding carboxylic acids is 1. The number of nitrogens with one attached hydrogen (secondary N) is 1. The molecule has 7 heteroatoms. The van der Waals surface area contributed by atoms with E-state index in [4.69, 9.17) is 0 Å². The first-order valence-electron chi connectivity index (χ1n) is 5.89. The molecule has 0 spiro atoms. The number of aromatic nitrogens is 4. The molecule has 17 heavy (non-hydrogen) atoms. The molecule has 0 atom stereocenters. The van der Waals surface area contributed by atoms with Gasteiger partial charge in [0.1, 0.15) is 12.9 Å². The summed E-state index contributed by atoms with van der Waals surface area (Å²) in [5.41, 5.74) is 0. The van der Waals surface area contributed by atoms with Gasteiger partial charge in [-0.15, -0.1) is 5.10 Å². The number of aliphatic hydroxyl groups excluding tert-OH is 1. The average molecular weight is 239 g/mol. The van der Waals surface area contributed by atoms with Crippen molar-refractivity contribution >= 4 is 5.91 Å². The Balaban J connectivity index is 1.66. The second-order valence-electron chi connectivity index (χ2n) is 4.49. The van der Waals surface area contributed by atoms with Crippen molar-refractivity contribution < 1.29 is 9.90 Å². The van der Waals surface area contributed by atoms with Crippen molar-refractivity contribution in [1.82, 2.24) is 25.5 Å². The summed E-state index contributed by atoms with van der Waals surface area (Å²) < 4.78 is 1.39. The molecular formula is C10H17N5O2. The average Bonchev–Trinajstić information content (AvgIpc) is 2.81. The Bertz CT molecular complexity index is 346. The quantitative estimate of drug-likeness (QED) is 0.727. The van der Waals surface area contributed by atoms with E-state index in [2.05, 4.69) is 20.8 Å². The molecule has 1 aliphatic carbocycles. The van der Waals surface area contributed by atoms with Crippen LogP contribution in [0.4, 0.5) is 0 Å². The first-order chi connectivity index (χ1) is 8.24. The Morgan fingerprint density at radius 3 is 2.82 bits per heavy atom. The molecule has 1 aromatic rings. The number of carbonyl (C=O) groups is 1. The Morgan fingerprint density at radius 2 is 2.18 bits per heavy atom. The summed E-state index contributed by atoms with van der Waals surface area (Å²) in [6, 6.07) is 0. The lowest BCUT2D eigenvalue weighted by atomic mass is 9.87. The summed E-state index contributed by atoms with van der Waals surface area (Å²) in [6.45, 7) is 0.829. The van der Waals surface area contributed by atoms with Crippen LogP contribution in [0.15, 0.2) is 6.33 Å². The number of hydrogen-bond acceptors (Lipinski definition) is 5. The number of tetrazole rings is 1. The first-order valence-corrected chi connectivity index (χ1v) is 5.89. The SMILES string of the molecule is O=C(Cn1cnnn1)NCC1CCC(O)CC1. The van der Waals surface area contributed by atoms with E-state index in [1.54, 1.807) is 0 Å². The van der Waals surface area contributed by atoms with Crippen LogP contribution in [0.3, 0.4) is 0 Å². The van der Waals surface area contributed by atoms with Crippen LogP contribution in [0.1, 0.15) is 25.7 Å². The molecule has 0 bridgehead atoms. The maximum atomic E-state index is 11.5. The van der Waals surface area contributed by atoms with E-state index in [0.29, 0.717) is 12.5 Å². The predicted molar refractivity (Wildman–Crippen MR) is 58.8 cm³/mol. The van der Waals surface area contributed by atoms with E-state index in [-0.39, 0.29) is 18.6 Å². The van der Waals surface area contributed by atoms with Crippen molar-refractivity contribution in [3.63, 3.8) is 0 Å². The third-order valence-corrected chi connectivity index (χ3v) is 3.10. The van der Waals surface area contributed by atoms with Crippen LogP contribution >= 0.6 is 0 Å². The Kier molecular flexibility index (Phi) is 4.03. The summed E-state index contributed by atoms with van der Waals surface area (Å²) >= 11 is 0. The van der Waals surface area contributed by atoms with Gasteiger partial charge in [0.25, 0.3) is 0 Å². The van der Waals surface area contributed by atoms with Crippen molar-refractivity contribution in [2.24, 2.45) is 5.92 Å². The Morgan fingerprint density at radius 1 is 1.41 bits per heavy atom. The molecule has 0 saturated heterocycles. The fourth-order valence-electron chi connectivity index (χ4n) is 2.06. The summed E-state index contributed by atoms with van der Waals surface area (Å²) in [4.78, 5) is 11.5. The maximum Gasteiger partial charge on any atom is 0.241 e. The molecule has 7 nitrogen and oxygen atoms in total. The van der Waals surface area contributed by atoms with E-state index in [1.165, 1.54) is 11.0 Å². The molecule has 1 aromatic heterocycles. The van der Waals surface area contributed by atoms with Crippen LogP contribution in [0.25, 0.3) is 0 Å². The lowest BCUT2D eigenvalue weighted by molar-refractivity contribution is -0.122. The largest absolute Gasteiger partial charge is 0.393 e. The summed E-state index contributed by atoms with van der Waals surface area (Å²) in [5, 5.41) is 22.8. The monoisotopic (exact) mass is 239 g/mol. The van der Waals surface area contributed by atoms with Crippen LogP contribution in [-0.4, -0.2) is 43.9 Å². The van der Waals surface area contributed by atoms with Gasteiger partial charge < -0.3 is 10.4 Å². The second kappa shape index (κ2) is 5.72. The van der Waals surface area contributed by atoms with Crippen molar-refractivity contribution in [3.8, 4) is 0 Å². The molecule has 1 fully saturated rings. The van der Waals surface area contributed by atoms with Crippen molar-refractivity contribution in [3.05, 3.63) is 6.33 Å². The van der Waals surface area contributed by atoms with Gasteiger partial charge in [-0.1, -0.05) is 0 Å². The van der Waals surface area contributed by atoms with Gasteiger partial charge in [-0.05, 0) is 42.0 Å². The topological polar surface area (TPSA) is 92.9 Å². The van der Waals surface area contributed by atoms with Crippen LogP contribution in [0.2, 0.25) is 0 Å². The fraction of sp³-hybridized carbons (Fsp3) is 0.800. The van der Waals surface area contributed by atoms with Gasteiger partial charge in [-0.3, -0.25) is 4.79 Å². The van der Waals surface area contributed by atoms with Gasteiger partial charge >= 0.3 is 0 Å². The number of aliphatic hydroxyl groups is 1. The van der Waals surface area contributed by atoms with Crippen LogP contribution < -0.4 is 5.32 Å². The van der Waals surface area contributed by atoms with Gasteiger partial charge in [-0.25, -0.2) is 4.68 Å². The number of rotatable bonds is 4. The maximum absolute atomic E-state index is 11.5. The summed E-state index contributed by atoms with van der Waals surface area (Å²) in [5.74, 6) is 0.402. The molecule has 0 radical (unpaired) electrons. The van der Waals surface area contributed by atoms with Crippen LogP contribution in [0, 0.1) is 5.92 Å². The predicted octanol–water partition coefficient (Wildman–Crippen LogP) is -0.660. The third kappa shape index (κ3) is 3.77. The number of hydrogen-bond donors (Lipinski definition) is 2. The third-order valence-electron chi connectivity index (χ3n) is 3.10. The molecule has 0 aliphatic heterocycles. The van der Waals surface area contributed by atoms with Crippen molar-refractivity contribution in [2.75, 3.05) is 6.54 Å². The number of amides is 1. The second-order valence-corrected chi connectivity index (χ2v) is 4.49. The molecule has 1 saturated carbocycles. The van der Waals surface area contributed by atoms with Gasteiger partial charge in [0, 0.05) is 6.54 Å². The normalized spacial score (nSPS) is 24.5. The zero-order chi connectivity index (χ0) is 12.1. The van der Waals surface area contributed by atoms with E-state index >= 15 is 0 Å². The lowest BCUT2D eigenvalue weighted by Crippen LogP contribution is -2.34. The fourth-order valence-corrected chi connectivity index (χ4v) is 2.06. The molecule has 1 amide bonds. The highest BCUT2D eigenvalue weighted by molar-refractivity contribution is 5.75. The van der Waals surface area contributed by atoms with Crippen LogP contribution in [0.5, 0.6) is 0 Å². The van der Waals surface area contributed by atoms with E-state index in [1.807, 2.05) is 0 Å². The smallest absolute Gasteiger partial charge is 0.241 e. The Labute approximate surface area is 99.2 Å². The minimum Gasteiger partial charge on any atom is -0.393 e. The molecule has 2 rings (SSSR count). The van der Waals surface area contributed by atoms with Crippen molar-refractivity contribution in [2.45, 2.75) is 38.3 Å². The minimum atomic E-state index is -0.150. The molecule has 1 aliphatic rings. The highest BCUT2D eigenvalue weighted by Crippen LogP contribution is 2.23. The molecule has 0 aromatic carbocycles. The van der Waals surface area contributed by atoms with Gasteiger partial charge in [0.15, 0.2) is 0 Å². The lowest BCUT2D eigenvalue weighted by Gasteiger charge is -2.25. The molecule has 0 unspecified atom stereocenters. The zero-order valence-electron chi connectivity index (χ0n) is 9.62. The van der Waals surface area contributed by atoms with Crippen LogP contribution in [-0.2, 0) is 11.3 Å². The first kappa shape index (κ1) is 12.0. The minimum absolute atomic E-state index is 0.0802. The summed E-state index contributed by atoms with van der Waals surface area (Å²) in [7, 11) is 0. The molecule has 2 N–H and O–H groups in total. The summed E-state index contributed by atoms with van der Waals surface area (Å²) in [6.07, 6.45) is 4.90. The molecular weight excluding hydrogens is 222 g/mol. The van der Waals surface area contributed by atoms with Crippen molar-refractivity contribution in [1.29, 1.82) is 0 Å². The highest BCUT2D eigenvalue weighted by atomic mass is 16.3. The van der Waals surface area contributed by atoms with Gasteiger partial charge in [0.2, 0.25) is 5.91 Å². The van der Waals surface area contributed by atoms with E-state index in [9.17, 15) is 9.90 Å². The zero-order valence-corrected chi connectivity index (χ0v) is 9.62. The van der Waals surface area contributed by atoms with E-state index in [0.717, 1.165) is 25.7 Å². The highest BCUT2D eigenvalue weighted by Gasteiger charge is 2.19. The standard InChI is InChI=1S/C10H17N5O2/c16-9-3-1-8(2-4-9)5-11-10(17)6-15-7-12-13-14-15/h7-9,16H,1-6H2,(H,11,17). The Hall–Kier alpha value is -1.50. The van der Waals surface area contributed by atoms with Gasteiger partial charge in [-0.2, -0.15) is 0 Å². The molecule has 1 heterocycles.